The van der Waals surface area contributed by atoms with Crippen molar-refractivity contribution in [3.05, 3.63) is 89.7 Å². The van der Waals surface area contributed by atoms with Gasteiger partial charge in [-0.05, 0) is 81.8 Å². The lowest BCUT2D eigenvalue weighted by Gasteiger charge is -2.23. The van der Waals surface area contributed by atoms with Gasteiger partial charge in [0.25, 0.3) is 0 Å². The number of carbonyl (C=O) groups is 3. The van der Waals surface area contributed by atoms with Crippen molar-refractivity contribution in [2.75, 3.05) is 6.61 Å². The van der Waals surface area contributed by atoms with Gasteiger partial charge in [0, 0.05) is 31.6 Å². The molecule has 0 bridgehead atoms. The normalized spacial score (nSPS) is 15.3. The highest BCUT2D eigenvalue weighted by molar-refractivity contribution is 5.83. The Hall–Kier alpha value is -4.48. The molecule has 1 unspecified atom stereocenters. The highest BCUT2D eigenvalue weighted by Crippen LogP contribution is 2.18. The first-order chi connectivity index (χ1) is 22.1. The summed E-state index contributed by atoms with van der Waals surface area (Å²) in [6.07, 6.45) is 4.90. The molecule has 2 amide bonds. The monoisotopic (exact) mass is 633 g/mol. The number of nitrogens with one attached hydrogen (secondary N) is 2. The van der Waals surface area contributed by atoms with Crippen LogP contribution in [0.15, 0.2) is 72.9 Å². The number of hydroxylamine groups is 1. The Bertz CT molecular complexity index is 1390. The van der Waals surface area contributed by atoms with Gasteiger partial charge >= 0.3 is 12.1 Å². The van der Waals surface area contributed by atoms with Gasteiger partial charge in [0.2, 0.25) is 5.91 Å². The lowest BCUT2D eigenvalue weighted by atomic mass is 10.1. The van der Waals surface area contributed by atoms with Crippen LogP contribution in [-0.2, 0) is 43.3 Å². The Kier molecular flexibility index (Phi) is 12.9. The van der Waals surface area contributed by atoms with Crippen LogP contribution in [0.25, 0.3) is 0 Å². The summed E-state index contributed by atoms with van der Waals surface area (Å²) in [5.74, 6) is 0.0337. The summed E-state index contributed by atoms with van der Waals surface area (Å²) in [6, 6.07) is 19.2. The minimum atomic E-state index is -1.06. The molecule has 11 heteroatoms. The molecule has 1 fully saturated rings. The predicted molar refractivity (Wildman–Crippen MR) is 170 cm³/mol. The van der Waals surface area contributed by atoms with Crippen LogP contribution in [-0.4, -0.2) is 47.5 Å². The van der Waals surface area contributed by atoms with E-state index >= 15 is 0 Å². The summed E-state index contributed by atoms with van der Waals surface area (Å²) in [5.41, 5.74) is 4.28. The molecule has 246 valence electrons. The van der Waals surface area contributed by atoms with E-state index in [9.17, 15) is 14.4 Å². The van der Waals surface area contributed by atoms with Gasteiger partial charge in [-0.3, -0.25) is 9.78 Å². The highest BCUT2D eigenvalue weighted by Gasteiger charge is 2.27. The van der Waals surface area contributed by atoms with Crippen LogP contribution in [0.4, 0.5) is 4.79 Å². The molecule has 0 aliphatic carbocycles. The fraction of sp³-hybridized carbons (Fsp3) is 0.429. The second-order valence-corrected chi connectivity index (χ2v) is 12.0. The zero-order valence-corrected chi connectivity index (χ0v) is 26.7. The van der Waals surface area contributed by atoms with E-state index in [4.69, 9.17) is 23.8 Å². The van der Waals surface area contributed by atoms with Crippen molar-refractivity contribution in [2.24, 2.45) is 0 Å². The largest absolute Gasteiger partial charge is 0.487 e. The third kappa shape index (κ3) is 12.5. The van der Waals surface area contributed by atoms with Gasteiger partial charge < -0.3 is 24.3 Å². The van der Waals surface area contributed by atoms with Gasteiger partial charge in [0.1, 0.15) is 29.7 Å². The maximum Gasteiger partial charge on any atom is 0.408 e. The SMILES string of the molecule is CC(C)(C)OC(=O)N[C@H](Cc1ccc(OCc2ccccc2)cn1)C(=O)Oc1ccc(CCCC(=O)NOC2CCCCO2)cc1. The first-order valence-electron chi connectivity index (χ1n) is 15.6. The summed E-state index contributed by atoms with van der Waals surface area (Å²) < 4.78 is 22.2. The van der Waals surface area contributed by atoms with E-state index in [-0.39, 0.29) is 18.6 Å². The molecule has 2 heterocycles. The number of esters is 1. The van der Waals surface area contributed by atoms with Crippen LogP contribution in [0.1, 0.15) is 69.7 Å². The van der Waals surface area contributed by atoms with Crippen LogP contribution in [0.2, 0.25) is 0 Å². The molecule has 0 spiro atoms. The summed E-state index contributed by atoms with van der Waals surface area (Å²) in [5, 5.41) is 2.62. The zero-order chi connectivity index (χ0) is 32.8. The topological polar surface area (TPSA) is 134 Å². The summed E-state index contributed by atoms with van der Waals surface area (Å²) >= 11 is 0. The fourth-order valence-electron chi connectivity index (χ4n) is 4.56. The number of benzene rings is 2. The zero-order valence-electron chi connectivity index (χ0n) is 26.7. The quantitative estimate of drug-likeness (QED) is 0.132. The maximum atomic E-state index is 13.2. The number of aryl methyl sites for hydroxylation is 1. The molecule has 3 aromatic rings. The molecule has 2 N–H and O–H groups in total. The summed E-state index contributed by atoms with van der Waals surface area (Å²) in [6.45, 7) is 6.26. The molecule has 4 rings (SSSR count). The molecule has 1 aliphatic rings. The molecule has 1 aromatic heterocycles. The lowest BCUT2D eigenvalue weighted by Crippen LogP contribution is -2.46. The molecule has 0 saturated carbocycles. The maximum absolute atomic E-state index is 13.2. The van der Waals surface area contributed by atoms with Crippen LogP contribution in [0.3, 0.4) is 0 Å². The van der Waals surface area contributed by atoms with E-state index in [1.54, 1.807) is 51.2 Å². The molecule has 1 saturated heterocycles. The molecular weight excluding hydrogens is 590 g/mol. The fourth-order valence-corrected chi connectivity index (χ4v) is 4.56. The number of hydrogen-bond donors (Lipinski definition) is 2. The van der Waals surface area contributed by atoms with Gasteiger partial charge in [0.15, 0.2) is 6.29 Å². The lowest BCUT2D eigenvalue weighted by molar-refractivity contribution is -0.200. The van der Waals surface area contributed by atoms with E-state index in [2.05, 4.69) is 15.8 Å². The van der Waals surface area contributed by atoms with Crippen LogP contribution in [0, 0.1) is 0 Å². The first-order valence-corrected chi connectivity index (χ1v) is 15.6. The Morgan fingerprint density at radius 2 is 1.72 bits per heavy atom. The van der Waals surface area contributed by atoms with Gasteiger partial charge in [0.05, 0.1) is 6.20 Å². The molecule has 11 nitrogen and oxygen atoms in total. The van der Waals surface area contributed by atoms with Gasteiger partial charge in [-0.2, -0.15) is 0 Å². The van der Waals surface area contributed by atoms with Crippen LogP contribution < -0.4 is 20.3 Å². The average molecular weight is 634 g/mol. The average Bonchev–Trinajstić information content (AvgIpc) is 3.04. The number of pyridine rings is 1. The Balaban J connectivity index is 1.28. The predicted octanol–water partition coefficient (Wildman–Crippen LogP) is 5.60. The number of hydrogen-bond acceptors (Lipinski definition) is 9. The Morgan fingerprint density at radius 3 is 2.39 bits per heavy atom. The van der Waals surface area contributed by atoms with E-state index in [0.29, 0.717) is 49.7 Å². The van der Waals surface area contributed by atoms with Crippen molar-refractivity contribution in [3.63, 3.8) is 0 Å². The highest BCUT2D eigenvalue weighted by atomic mass is 16.8. The standard InChI is InChI=1S/C35H43N3O8/c1-35(2,3)45-34(41)37-30(22-27-17-20-29(23-36-27)43-24-26-10-5-4-6-11-26)33(40)44-28-18-15-25(16-19-28)12-9-13-31(39)38-46-32-14-7-8-21-42-32/h4-6,10-11,15-20,23,30,32H,7-9,12-14,21-22,24H2,1-3H3,(H,37,41)(H,38,39)/t30-,32?/m1/s1. The van der Waals surface area contributed by atoms with Gasteiger partial charge in [-0.15, -0.1) is 0 Å². The minimum absolute atomic E-state index is 0.0772. The summed E-state index contributed by atoms with van der Waals surface area (Å²) in [7, 11) is 0. The van der Waals surface area contributed by atoms with Gasteiger partial charge in [-0.25, -0.2) is 19.9 Å². The Morgan fingerprint density at radius 1 is 0.957 bits per heavy atom. The van der Waals surface area contributed by atoms with Gasteiger partial charge in [-0.1, -0.05) is 42.5 Å². The Labute approximate surface area is 269 Å². The second-order valence-electron chi connectivity index (χ2n) is 12.0. The minimum Gasteiger partial charge on any atom is -0.487 e. The number of ether oxygens (including phenoxy) is 4. The van der Waals surface area contributed by atoms with Crippen molar-refractivity contribution in [3.8, 4) is 11.5 Å². The van der Waals surface area contributed by atoms with E-state index in [1.165, 1.54) is 0 Å². The number of amides is 2. The smallest absolute Gasteiger partial charge is 0.408 e. The van der Waals surface area contributed by atoms with Crippen LogP contribution >= 0.6 is 0 Å². The number of rotatable bonds is 14. The van der Waals surface area contributed by atoms with E-state index in [1.807, 2.05) is 42.5 Å². The third-order valence-corrected chi connectivity index (χ3v) is 6.89. The van der Waals surface area contributed by atoms with Crippen LogP contribution in [0.5, 0.6) is 11.5 Å². The third-order valence-electron chi connectivity index (χ3n) is 6.89. The van der Waals surface area contributed by atoms with Crippen molar-refractivity contribution in [1.82, 2.24) is 15.8 Å². The molecule has 2 aromatic carbocycles. The van der Waals surface area contributed by atoms with E-state index < -0.39 is 23.7 Å². The molecule has 0 radical (unpaired) electrons. The van der Waals surface area contributed by atoms with Crippen molar-refractivity contribution < 1.29 is 38.2 Å². The van der Waals surface area contributed by atoms with Crippen molar-refractivity contribution in [1.29, 1.82) is 0 Å². The molecular formula is C35H43N3O8. The molecule has 46 heavy (non-hydrogen) atoms. The number of aromatic nitrogens is 1. The molecule has 1 aliphatic heterocycles. The summed E-state index contributed by atoms with van der Waals surface area (Å²) in [4.78, 5) is 47.7. The number of carbonyl (C=O) groups excluding carboxylic acids is 3. The van der Waals surface area contributed by atoms with Crippen molar-refractivity contribution >= 4 is 18.0 Å². The number of nitrogens with zero attached hydrogens (tertiary/aromatic N) is 1. The van der Waals surface area contributed by atoms with Crippen molar-refractivity contribution in [2.45, 2.75) is 90.3 Å². The molecule has 2 atom stereocenters. The van der Waals surface area contributed by atoms with E-state index in [0.717, 1.165) is 30.4 Å². The first kappa shape index (κ1) is 34.4. The second kappa shape index (κ2) is 17.3. The number of alkyl carbamates (subject to hydrolysis) is 1.